The van der Waals surface area contributed by atoms with Crippen LogP contribution in [-0.4, -0.2) is 4.57 Å². The van der Waals surface area contributed by atoms with Crippen molar-refractivity contribution in [2.75, 3.05) is 0 Å². The second-order valence-electron chi connectivity index (χ2n) is 5.54. The summed E-state index contributed by atoms with van der Waals surface area (Å²) in [5, 5.41) is 1.31. The summed E-state index contributed by atoms with van der Waals surface area (Å²) < 4.78 is 2.40. The molecule has 1 heterocycles. The van der Waals surface area contributed by atoms with Gasteiger partial charge in [0.15, 0.2) is 0 Å². The summed E-state index contributed by atoms with van der Waals surface area (Å²) in [7, 11) is 0. The maximum Gasteiger partial charge on any atom is 0.0485 e. The predicted molar refractivity (Wildman–Crippen MR) is 74.2 cm³/mol. The number of hydrogen-bond donors (Lipinski definition) is 1. The molecule has 2 nitrogen and oxygen atoms in total. The Kier molecular flexibility index (Phi) is 3.00. The molecule has 0 fully saturated rings. The van der Waals surface area contributed by atoms with E-state index in [4.69, 9.17) is 5.73 Å². The van der Waals surface area contributed by atoms with E-state index in [0.29, 0.717) is 6.54 Å². The van der Waals surface area contributed by atoms with Crippen LogP contribution in [0.3, 0.4) is 0 Å². The van der Waals surface area contributed by atoms with E-state index in [9.17, 15) is 0 Å². The Labute approximate surface area is 103 Å². The molecular formula is C15H22N2. The number of aryl methyl sites for hydroxylation is 1. The minimum atomic E-state index is 0.129. The van der Waals surface area contributed by atoms with Crippen molar-refractivity contribution < 1.29 is 0 Å². The zero-order chi connectivity index (χ0) is 12.6. The van der Waals surface area contributed by atoms with Crippen LogP contribution in [0.15, 0.2) is 24.3 Å². The van der Waals surface area contributed by atoms with Gasteiger partial charge >= 0.3 is 0 Å². The first-order chi connectivity index (χ1) is 8.00. The first kappa shape index (κ1) is 12.2. The van der Waals surface area contributed by atoms with Crippen LogP contribution in [0.1, 0.15) is 39.0 Å². The third-order valence-corrected chi connectivity index (χ3v) is 3.31. The molecule has 0 spiro atoms. The van der Waals surface area contributed by atoms with Crippen LogP contribution in [0.25, 0.3) is 10.9 Å². The van der Waals surface area contributed by atoms with Crippen LogP contribution < -0.4 is 5.73 Å². The lowest BCUT2D eigenvalue weighted by atomic mass is 9.88. The fourth-order valence-corrected chi connectivity index (χ4v) is 2.77. The molecule has 0 aliphatic carbocycles. The van der Waals surface area contributed by atoms with Crippen molar-refractivity contribution in [2.24, 2.45) is 5.73 Å². The lowest BCUT2D eigenvalue weighted by molar-refractivity contribution is 0.525. The quantitative estimate of drug-likeness (QED) is 0.842. The molecule has 1 aromatic carbocycles. The molecule has 0 atom stereocenters. The molecular weight excluding hydrogens is 208 g/mol. The zero-order valence-electron chi connectivity index (χ0n) is 11.2. The molecule has 0 aliphatic rings. The minimum absolute atomic E-state index is 0.129. The Morgan fingerprint density at radius 1 is 1.18 bits per heavy atom. The zero-order valence-corrected chi connectivity index (χ0v) is 11.2. The highest BCUT2D eigenvalue weighted by molar-refractivity contribution is 5.86. The number of fused-ring (bicyclic) bond motifs is 1. The lowest BCUT2D eigenvalue weighted by Gasteiger charge is -2.23. The van der Waals surface area contributed by atoms with E-state index in [1.54, 1.807) is 0 Å². The molecule has 2 N–H and O–H groups in total. The maximum absolute atomic E-state index is 5.97. The first-order valence-electron chi connectivity index (χ1n) is 6.31. The Balaban J connectivity index is 2.89. The molecule has 0 saturated carbocycles. The Morgan fingerprint density at radius 2 is 1.82 bits per heavy atom. The van der Waals surface area contributed by atoms with Crippen molar-refractivity contribution in [2.45, 2.75) is 46.2 Å². The fraction of sp³-hybridized carbons (Fsp3) is 0.467. The molecule has 0 unspecified atom stereocenters. The van der Waals surface area contributed by atoms with Gasteiger partial charge in [-0.2, -0.15) is 0 Å². The summed E-state index contributed by atoms with van der Waals surface area (Å²) in [5.41, 5.74) is 10.1. The van der Waals surface area contributed by atoms with Gasteiger partial charge in [0.2, 0.25) is 0 Å². The molecule has 0 amide bonds. The van der Waals surface area contributed by atoms with E-state index in [-0.39, 0.29) is 5.41 Å². The molecule has 1 aromatic heterocycles. The second-order valence-corrected chi connectivity index (χ2v) is 5.54. The molecule has 17 heavy (non-hydrogen) atoms. The van der Waals surface area contributed by atoms with Gasteiger partial charge in [0.05, 0.1) is 0 Å². The van der Waals surface area contributed by atoms with Crippen LogP contribution in [-0.2, 0) is 18.5 Å². The summed E-state index contributed by atoms with van der Waals surface area (Å²) in [6, 6.07) is 8.56. The van der Waals surface area contributed by atoms with Gasteiger partial charge in [0, 0.05) is 35.1 Å². The molecule has 2 aromatic rings. The highest BCUT2D eigenvalue weighted by atomic mass is 15.0. The fourth-order valence-electron chi connectivity index (χ4n) is 2.77. The van der Waals surface area contributed by atoms with E-state index >= 15 is 0 Å². The van der Waals surface area contributed by atoms with E-state index in [1.165, 1.54) is 22.2 Å². The number of benzene rings is 1. The normalized spacial score (nSPS) is 12.3. The van der Waals surface area contributed by atoms with Crippen LogP contribution >= 0.6 is 0 Å². The van der Waals surface area contributed by atoms with Gasteiger partial charge in [-0.25, -0.2) is 0 Å². The largest absolute Gasteiger partial charge is 0.344 e. The van der Waals surface area contributed by atoms with Crippen molar-refractivity contribution in [3.8, 4) is 0 Å². The SMILES string of the molecule is CCn1c(C(C)(C)C)c(CN)c2ccccc21. The van der Waals surface area contributed by atoms with E-state index < -0.39 is 0 Å². The van der Waals surface area contributed by atoms with Crippen molar-refractivity contribution in [3.63, 3.8) is 0 Å². The van der Waals surface area contributed by atoms with E-state index in [2.05, 4.69) is 56.5 Å². The summed E-state index contributed by atoms with van der Waals surface area (Å²) in [6.45, 7) is 10.6. The topological polar surface area (TPSA) is 30.9 Å². The van der Waals surface area contributed by atoms with Crippen molar-refractivity contribution in [3.05, 3.63) is 35.5 Å². The average Bonchev–Trinajstić information content (AvgIpc) is 2.62. The van der Waals surface area contributed by atoms with Gasteiger partial charge in [-0.15, -0.1) is 0 Å². The average molecular weight is 230 g/mol. The molecule has 0 bridgehead atoms. The first-order valence-corrected chi connectivity index (χ1v) is 6.31. The standard InChI is InChI=1S/C15H22N2/c1-5-17-13-9-7-6-8-11(13)12(10-16)14(17)15(2,3)4/h6-9H,5,10,16H2,1-4H3. The molecule has 0 aliphatic heterocycles. The monoisotopic (exact) mass is 230 g/mol. The highest BCUT2D eigenvalue weighted by Gasteiger charge is 2.24. The lowest BCUT2D eigenvalue weighted by Crippen LogP contribution is -2.20. The van der Waals surface area contributed by atoms with E-state index in [1.807, 2.05) is 0 Å². The van der Waals surface area contributed by atoms with Crippen LogP contribution in [0.5, 0.6) is 0 Å². The molecule has 0 radical (unpaired) electrons. The molecule has 2 heteroatoms. The number of para-hydroxylation sites is 1. The molecule has 2 rings (SSSR count). The summed E-state index contributed by atoms with van der Waals surface area (Å²) in [4.78, 5) is 0. The van der Waals surface area contributed by atoms with Crippen LogP contribution in [0.4, 0.5) is 0 Å². The van der Waals surface area contributed by atoms with E-state index in [0.717, 1.165) is 6.54 Å². The third-order valence-electron chi connectivity index (χ3n) is 3.31. The Bertz CT molecular complexity index is 489. The second kappa shape index (κ2) is 4.19. The molecule has 92 valence electrons. The van der Waals surface area contributed by atoms with Crippen molar-refractivity contribution in [1.82, 2.24) is 4.57 Å². The maximum atomic E-state index is 5.97. The number of aromatic nitrogens is 1. The minimum Gasteiger partial charge on any atom is -0.344 e. The predicted octanol–water partition coefficient (Wildman–Crippen LogP) is 3.42. The summed E-state index contributed by atoms with van der Waals surface area (Å²) in [6.07, 6.45) is 0. The summed E-state index contributed by atoms with van der Waals surface area (Å²) >= 11 is 0. The smallest absolute Gasteiger partial charge is 0.0485 e. The number of nitrogens with zero attached hydrogens (tertiary/aromatic N) is 1. The third kappa shape index (κ3) is 1.87. The van der Waals surface area contributed by atoms with Gasteiger partial charge in [0.25, 0.3) is 0 Å². The molecule has 0 saturated heterocycles. The van der Waals surface area contributed by atoms with Crippen molar-refractivity contribution in [1.29, 1.82) is 0 Å². The van der Waals surface area contributed by atoms with Crippen LogP contribution in [0, 0.1) is 0 Å². The van der Waals surface area contributed by atoms with Gasteiger partial charge in [-0.3, -0.25) is 0 Å². The Morgan fingerprint density at radius 3 is 2.35 bits per heavy atom. The van der Waals surface area contributed by atoms with Gasteiger partial charge in [-0.05, 0) is 18.6 Å². The highest BCUT2D eigenvalue weighted by Crippen LogP contribution is 2.34. The number of rotatable bonds is 2. The summed E-state index contributed by atoms with van der Waals surface area (Å²) in [5.74, 6) is 0. The van der Waals surface area contributed by atoms with Crippen molar-refractivity contribution >= 4 is 10.9 Å². The van der Waals surface area contributed by atoms with Gasteiger partial charge in [-0.1, -0.05) is 39.0 Å². The van der Waals surface area contributed by atoms with Gasteiger partial charge in [0.1, 0.15) is 0 Å². The number of hydrogen-bond acceptors (Lipinski definition) is 1. The van der Waals surface area contributed by atoms with Gasteiger partial charge < -0.3 is 10.3 Å². The van der Waals surface area contributed by atoms with Crippen LogP contribution in [0.2, 0.25) is 0 Å². The Hall–Kier alpha value is -1.28. The number of nitrogens with two attached hydrogens (primary N) is 1.